The summed E-state index contributed by atoms with van der Waals surface area (Å²) in [4.78, 5) is 12.6. The summed E-state index contributed by atoms with van der Waals surface area (Å²) < 4.78 is 4.05. The Morgan fingerprint density at radius 3 is 2.85 bits per heavy atom. The highest BCUT2D eigenvalue weighted by Gasteiger charge is 2.19. The molecular formula is C20H22N6O. The summed E-state index contributed by atoms with van der Waals surface area (Å²) in [6.45, 7) is 2.44. The van der Waals surface area contributed by atoms with Gasteiger partial charge >= 0.3 is 0 Å². The van der Waals surface area contributed by atoms with Gasteiger partial charge in [0.15, 0.2) is 0 Å². The van der Waals surface area contributed by atoms with Gasteiger partial charge in [0.2, 0.25) is 0 Å². The standard InChI is InChI=1S/C20H22N6O/c1-13-18-16-9-5-6-10-17(16)25(19(18)20(27)23-21-13)11-14-12-26(24-22-14)15-7-3-2-4-8-15/h5-6,9-10,12,15H,2-4,7-8,11H2,1H3,(H,23,27). The zero-order chi connectivity index (χ0) is 18.4. The average molecular weight is 362 g/mol. The van der Waals surface area contributed by atoms with Crippen molar-refractivity contribution < 1.29 is 0 Å². The Labute approximate surface area is 156 Å². The highest BCUT2D eigenvalue weighted by Crippen LogP contribution is 2.30. The fraction of sp³-hybridized carbons (Fsp3) is 0.400. The summed E-state index contributed by atoms with van der Waals surface area (Å²) in [5.74, 6) is 0. The summed E-state index contributed by atoms with van der Waals surface area (Å²) in [6, 6.07) is 8.52. The molecule has 0 amide bonds. The molecule has 1 aliphatic rings. The van der Waals surface area contributed by atoms with Crippen LogP contribution in [-0.2, 0) is 6.54 Å². The van der Waals surface area contributed by atoms with E-state index in [1.807, 2.05) is 46.6 Å². The number of aryl methyl sites for hydroxylation is 1. The fourth-order valence-electron chi connectivity index (χ4n) is 4.39. The Bertz CT molecular complexity index is 1180. The molecule has 0 radical (unpaired) electrons. The lowest BCUT2D eigenvalue weighted by molar-refractivity contribution is 0.324. The van der Waals surface area contributed by atoms with Crippen LogP contribution in [0.15, 0.2) is 35.3 Å². The third-order valence-electron chi connectivity index (χ3n) is 5.70. The largest absolute Gasteiger partial charge is 0.330 e. The Balaban J connectivity index is 1.62. The molecule has 0 saturated heterocycles. The van der Waals surface area contributed by atoms with Gasteiger partial charge in [-0.1, -0.05) is 42.7 Å². The molecule has 0 unspecified atom stereocenters. The van der Waals surface area contributed by atoms with Gasteiger partial charge in [-0.25, -0.2) is 9.78 Å². The number of nitrogens with one attached hydrogen (secondary N) is 1. The topological polar surface area (TPSA) is 81.4 Å². The van der Waals surface area contributed by atoms with Crippen molar-refractivity contribution in [1.29, 1.82) is 0 Å². The zero-order valence-corrected chi connectivity index (χ0v) is 15.4. The van der Waals surface area contributed by atoms with Crippen LogP contribution in [0, 0.1) is 6.92 Å². The molecule has 1 N–H and O–H groups in total. The molecule has 1 aliphatic carbocycles. The Morgan fingerprint density at radius 2 is 2.00 bits per heavy atom. The quantitative estimate of drug-likeness (QED) is 0.606. The number of aromatic amines is 1. The molecule has 0 bridgehead atoms. The van der Waals surface area contributed by atoms with E-state index in [0.717, 1.165) is 27.7 Å². The molecular weight excluding hydrogens is 340 g/mol. The second-order valence-electron chi connectivity index (χ2n) is 7.45. The number of fused-ring (bicyclic) bond motifs is 3. The number of hydrogen-bond acceptors (Lipinski definition) is 4. The van der Waals surface area contributed by atoms with Crippen LogP contribution in [0.5, 0.6) is 0 Å². The molecule has 1 aromatic carbocycles. The second kappa shape index (κ2) is 6.33. The fourth-order valence-corrected chi connectivity index (χ4v) is 4.39. The van der Waals surface area contributed by atoms with Crippen molar-refractivity contribution in [3.8, 4) is 0 Å². The van der Waals surface area contributed by atoms with Crippen molar-refractivity contribution in [2.24, 2.45) is 0 Å². The van der Waals surface area contributed by atoms with Crippen molar-refractivity contribution in [3.63, 3.8) is 0 Å². The van der Waals surface area contributed by atoms with Crippen LogP contribution in [-0.4, -0.2) is 29.8 Å². The van der Waals surface area contributed by atoms with Crippen molar-refractivity contribution in [2.45, 2.75) is 51.6 Å². The van der Waals surface area contributed by atoms with E-state index in [4.69, 9.17) is 0 Å². The molecule has 3 aromatic heterocycles. The van der Waals surface area contributed by atoms with Crippen LogP contribution in [0.1, 0.15) is 49.5 Å². The third kappa shape index (κ3) is 2.65. The molecule has 7 nitrogen and oxygen atoms in total. The number of H-pyrrole nitrogens is 1. The summed E-state index contributed by atoms with van der Waals surface area (Å²) in [5, 5.41) is 17.5. The van der Waals surface area contributed by atoms with E-state index in [-0.39, 0.29) is 5.56 Å². The smallest absolute Gasteiger partial charge is 0.288 e. The first kappa shape index (κ1) is 16.2. The third-order valence-corrected chi connectivity index (χ3v) is 5.70. The van der Waals surface area contributed by atoms with E-state index in [2.05, 4.69) is 20.5 Å². The first-order chi connectivity index (χ1) is 13.2. The van der Waals surface area contributed by atoms with Crippen molar-refractivity contribution >= 4 is 21.8 Å². The predicted molar refractivity (Wildman–Crippen MR) is 104 cm³/mol. The SMILES string of the molecule is Cc1n[nH]c(=O)c2c1c1ccccc1n2Cc1cn(C2CCCCC2)nn1. The maximum Gasteiger partial charge on any atom is 0.288 e. The minimum Gasteiger partial charge on any atom is -0.330 e. The lowest BCUT2D eigenvalue weighted by Crippen LogP contribution is -2.14. The van der Waals surface area contributed by atoms with Gasteiger partial charge in [-0.05, 0) is 25.8 Å². The maximum absolute atomic E-state index is 12.6. The van der Waals surface area contributed by atoms with E-state index >= 15 is 0 Å². The lowest BCUT2D eigenvalue weighted by atomic mass is 9.96. The zero-order valence-electron chi connectivity index (χ0n) is 15.4. The van der Waals surface area contributed by atoms with E-state index in [9.17, 15) is 4.79 Å². The molecule has 0 spiro atoms. The van der Waals surface area contributed by atoms with Crippen molar-refractivity contribution in [3.05, 3.63) is 52.2 Å². The van der Waals surface area contributed by atoms with Crippen LogP contribution in [0.2, 0.25) is 0 Å². The minimum atomic E-state index is -0.175. The highest BCUT2D eigenvalue weighted by molar-refractivity contribution is 6.08. The van der Waals surface area contributed by atoms with Crippen LogP contribution < -0.4 is 5.56 Å². The number of rotatable bonds is 3. The van der Waals surface area contributed by atoms with E-state index < -0.39 is 0 Å². The van der Waals surface area contributed by atoms with Crippen molar-refractivity contribution in [2.75, 3.05) is 0 Å². The first-order valence-electron chi connectivity index (χ1n) is 9.59. The number of hydrogen-bond donors (Lipinski definition) is 1. The number of nitrogens with zero attached hydrogens (tertiary/aromatic N) is 5. The van der Waals surface area contributed by atoms with Gasteiger partial charge in [0.05, 0.1) is 24.5 Å². The van der Waals surface area contributed by atoms with Crippen molar-refractivity contribution in [1.82, 2.24) is 29.8 Å². The molecule has 1 saturated carbocycles. The Morgan fingerprint density at radius 1 is 1.19 bits per heavy atom. The van der Waals surface area contributed by atoms with E-state index in [1.165, 1.54) is 32.1 Å². The van der Waals surface area contributed by atoms with Crippen LogP contribution in [0.4, 0.5) is 0 Å². The van der Waals surface area contributed by atoms with Crippen LogP contribution in [0.25, 0.3) is 21.8 Å². The summed E-state index contributed by atoms with van der Waals surface area (Å²) in [5.41, 5.74) is 3.19. The Kier molecular flexibility index (Phi) is 3.81. The molecule has 5 rings (SSSR count). The van der Waals surface area contributed by atoms with Crippen LogP contribution in [0.3, 0.4) is 0 Å². The Hall–Kier alpha value is -2.96. The van der Waals surface area contributed by atoms with Gasteiger partial charge in [-0.15, -0.1) is 5.10 Å². The summed E-state index contributed by atoms with van der Waals surface area (Å²) in [7, 11) is 0. The maximum atomic E-state index is 12.6. The van der Waals surface area contributed by atoms with Gasteiger partial charge in [0, 0.05) is 16.3 Å². The monoisotopic (exact) mass is 362 g/mol. The summed E-state index contributed by atoms with van der Waals surface area (Å²) in [6.07, 6.45) is 8.21. The normalized spacial score (nSPS) is 15.7. The lowest BCUT2D eigenvalue weighted by Gasteiger charge is -2.20. The van der Waals surface area contributed by atoms with Gasteiger partial charge in [0.25, 0.3) is 5.56 Å². The number of aromatic nitrogens is 6. The van der Waals surface area contributed by atoms with Gasteiger partial charge in [-0.2, -0.15) is 5.10 Å². The molecule has 1 fully saturated rings. The molecule has 7 heteroatoms. The van der Waals surface area contributed by atoms with Gasteiger partial charge in [0.1, 0.15) is 11.2 Å². The molecule has 3 heterocycles. The highest BCUT2D eigenvalue weighted by atomic mass is 16.1. The number of para-hydroxylation sites is 1. The van der Waals surface area contributed by atoms with E-state index in [1.54, 1.807) is 0 Å². The second-order valence-corrected chi connectivity index (χ2v) is 7.45. The summed E-state index contributed by atoms with van der Waals surface area (Å²) >= 11 is 0. The minimum absolute atomic E-state index is 0.175. The number of benzene rings is 1. The average Bonchev–Trinajstić information content (AvgIpc) is 3.30. The van der Waals surface area contributed by atoms with Gasteiger partial charge < -0.3 is 4.57 Å². The molecule has 138 valence electrons. The molecule has 0 aliphatic heterocycles. The van der Waals surface area contributed by atoms with E-state index in [0.29, 0.717) is 18.1 Å². The first-order valence-corrected chi connectivity index (χ1v) is 9.59. The van der Waals surface area contributed by atoms with Crippen LogP contribution >= 0.6 is 0 Å². The van der Waals surface area contributed by atoms with Gasteiger partial charge in [-0.3, -0.25) is 4.79 Å². The predicted octanol–water partition coefficient (Wildman–Crippen LogP) is 3.33. The molecule has 27 heavy (non-hydrogen) atoms. The molecule has 0 atom stereocenters. The molecule has 4 aromatic rings.